The zero-order valence-electron chi connectivity index (χ0n) is 19.0. The van der Waals surface area contributed by atoms with Gasteiger partial charge in [-0.1, -0.05) is 12.1 Å². The smallest absolute Gasteiger partial charge is 0.330 e. The normalized spacial score (nSPS) is 12.5. The van der Waals surface area contributed by atoms with Crippen molar-refractivity contribution in [2.75, 3.05) is 21.3 Å². The maximum absolute atomic E-state index is 13.6. The van der Waals surface area contributed by atoms with Crippen molar-refractivity contribution in [1.29, 1.82) is 0 Å². The molecule has 1 heterocycles. The Morgan fingerprint density at radius 2 is 1.85 bits per heavy atom. The van der Waals surface area contributed by atoms with E-state index in [4.69, 9.17) is 9.47 Å². The molecule has 0 aliphatic carbocycles. The third-order valence-corrected chi connectivity index (χ3v) is 6.39. The lowest BCUT2D eigenvalue weighted by Crippen LogP contribution is -2.31. The van der Waals surface area contributed by atoms with Crippen LogP contribution in [0.5, 0.6) is 11.5 Å². The second kappa shape index (κ2) is 10.5. The van der Waals surface area contributed by atoms with E-state index in [1.54, 1.807) is 17.8 Å². The summed E-state index contributed by atoms with van der Waals surface area (Å²) in [5.74, 6) is -0.554. The van der Waals surface area contributed by atoms with Crippen LogP contribution in [-0.2, 0) is 26.6 Å². The van der Waals surface area contributed by atoms with Gasteiger partial charge in [-0.2, -0.15) is 4.72 Å². The van der Waals surface area contributed by atoms with Gasteiger partial charge in [0.15, 0.2) is 11.5 Å². The molecule has 180 valence electrons. The maximum Gasteiger partial charge on any atom is 0.330 e. The second-order valence-electron chi connectivity index (χ2n) is 7.11. The third-order valence-electron chi connectivity index (χ3n) is 4.96. The highest BCUT2D eigenvalue weighted by molar-refractivity contribution is 7.89. The van der Waals surface area contributed by atoms with Crippen LogP contribution in [0.3, 0.4) is 0 Å². The summed E-state index contributed by atoms with van der Waals surface area (Å²) in [7, 11) is 1.38. The van der Waals surface area contributed by atoms with E-state index in [0.717, 1.165) is 6.08 Å². The molecular weight excluding hydrogens is 465 g/mol. The molecule has 0 bridgehead atoms. The highest BCUT2D eigenvalue weighted by atomic mass is 32.2. The molecule has 0 saturated heterocycles. The number of imidazole rings is 1. The van der Waals surface area contributed by atoms with Gasteiger partial charge < -0.3 is 18.8 Å². The molecule has 34 heavy (non-hydrogen) atoms. The number of esters is 1. The van der Waals surface area contributed by atoms with Crippen LogP contribution in [0, 0.1) is 5.82 Å². The average molecular weight is 490 g/mol. The number of benzene rings is 2. The number of hydrogen-bond acceptors (Lipinski definition) is 7. The van der Waals surface area contributed by atoms with Gasteiger partial charge in [0, 0.05) is 25.5 Å². The van der Waals surface area contributed by atoms with E-state index in [1.807, 2.05) is 0 Å². The molecule has 0 fully saturated rings. The first-order valence-corrected chi connectivity index (χ1v) is 11.5. The number of sulfonamides is 1. The predicted molar refractivity (Wildman–Crippen MR) is 122 cm³/mol. The predicted octanol–water partition coefficient (Wildman–Crippen LogP) is 2.83. The Labute approximate surface area is 196 Å². The van der Waals surface area contributed by atoms with E-state index >= 15 is 0 Å². The standard InChI is InChI=1S/C23H24FN3O6S/c1-27-12-11-25-23(27)21(16-6-8-17(24)9-7-16)26-34(29,30)19-14-15(5-10-20(28)32-3)13-18(31-2)22(19)33-4/h5-14,21,26H,1-4H3/b10-5+. The molecule has 11 heteroatoms. The van der Waals surface area contributed by atoms with Crippen LogP contribution in [0.25, 0.3) is 6.08 Å². The number of ether oxygens (including phenoxy) is 3. The van der Waals surface area contributed by atoms with Gasteiger partial charge in [0.05, 0.1) is 21.3 Å². The Morgan fingerprint density at radius 3 is 2.41 bits per heavy atom. The minimum atomic E-state index is -4.25. The van der Waals surface area contributed by atoms with Crippen LogP contribution in [-0.4, -0.2) is 45.3 Å². The first kappa shape index (κ1) is 24.9. The largest absolute Gasteiger partial charge is 0.493 e. The summed E-state index contributed by atoms with van der Waals surface area (Å²) >= 11 is 0. The Morgan fingerprint density at radius 1 is 1.15 bits per heavy atom. The number of carbonyl (C=O) groups excluding carboxylic acids is 1. The topological polar surface area (TPSA) is 109 Å². The highest BCUT2D eigenvalue weighted by Gasteiger charge is 2.30. The molecule has 0 spiro atoms. The van der Waals surface area contributed by atoms with Crippen molar-refractivity contribution >= 4 is 22.1 Å². The van der Waals surface area contributed by atoms with Gasteiger partial charge in [-0.3, -0.25) is 0 Å². The summed E-state index contributed by atoms with van der Waals surface area (Å²) < 4.78 is 60.3. The summed E-state index contributed by atoms with van der Waals surface area (Å²) in [6, 6.07) is 7.35. The van der Waals surface area contributed by atoms with Crippen molar-refractivity contribution in [3.05, 3.63) is 77.6 Å². The van der Waals surface area contributed by atoms with Crippen molar-refractivity contribution in [3.63, 3.8) is 0 Å². The number of nitrogens with one attached hydrogen (secondary N) is 1. The van der Waals surface area contributed by atoms with Crippen LogP contribution in [0.1, 0.15) is 23.0 Å². The zero-order chi connectivity index (χ0) is 24.9. The Balaban J connectivity index is 2.12. The summed E-state index contributed by atoms with van der Waals surface area (Å²) in [6.45, 7) is 0. The number of halogens is 1. The Bertz CT molecular complexity index is 1300. The van der Waals surface area contributed by atoms with Crippen LogP contribution >= 0.6 is 0 Å². The number of aromatic nitrogens is 2. The van der Waals surface area contributed by atoms with E-state index in [-0.39, 0.29) is 16.4 Å². The zero-order valence-corrected chi connectivity index (χ0v) is 19.8. The molecular formula is C23H24FN3O6S. The van der Waals surface area contributed by atoms with Gasteiger partial charge >= 0.3 is 5.97 Å². The minimum Gasteiger partial charge on any atom is -0.493 e. The van der Waals surface area contributed by atoms with E-state index in [0.29, 0.717) is 17.0 Å². The van der Waals surface area contributed by atoms with Gasteiger partial charge in [-0.15, -0.1) is 0 Å². The lowest BCUT2D eigenvalue weighted by Gasteiger charge is -2.21. The molecule has 0 amide bonds. The van der Waals surface area contributed by atoms with Gasteiger partial charge in [0.2, 0.25) is 10.0 Å². The number of rotatable bonds is 9. The number of methoxy groups -OCH3 is 3. The lowest BCUT2D eigenvalue weighted by molar-refractivity contribution is -0.134. The quantitative estimate of drug-likeness (QED) is 0.364. The van der Waals surface area contributed by atoms with E-state index < -0.39 is 27.9 Å². The van der Waals surface area contributed by atoms with Crippen LogP contribution < -0.4 is 14.2 Å². The molecule has 9 nitrogen and oxygen atoms in total. The fourth-order valence-electron chi connectivity index (χ4n) is 3.28. The van der Waals surface area contributed by atoms with Crippen LogP contribution in [0.4, 0.5) is 4.39 Å². The van der Waals surface area contributed by atoms with Gasteiger partial charge in [0.25, 0.3) is 0 Å². The Hall–Kier alpha value is -3.70. The molecule has 1 N–H and O–H groups in total. The summed E-state index contributed by atoms with van der Waals surface area (Å²) in [4.78, 5) is 15.5. The maximum atomic E-state index is 13.6. The number of aryl methyl sites for hydroxylation is 1. The van der Waals surface area contributed by atoms with Crippen LogP contribution in [0.2, 0.25) is 0 Å². The first-order valence-electron chi connectivity index (χ1n) is 9.97. The molecule has 1 unspecified atom stereocenters. The molecule has 1 atom stereocenters. The number of nitrogens with zero attached hydrogens (tertiary/aromatic N) is 2. The molecule has 0 aliphatic rings. The molecule has 3 aromatic rings. The second-order valence-corrected chi connectivity index (χ2v) is 8.80. The van der Waals surface area contributed by atoms with Crippen molar-refractivity contribution in [2.24, 2.45) is 7.05 Å². The number of hydrogen-bond donors (Lipinski definition) is 1. The molecule has 0 aliphatic heterocycles. The monoisotopic (exact) mass is 489 g/mol. The average Bonchev–Trinajstić information content (AvgIpc) is 3.26. The summed E-state index contributed by atoms with van der Waals surface area (Å²) in [6.07, 6.45) is 5.74. The SMILES string of the molecule is COC(=O)/C=C/c1cc(OC)c(OC)c(S(=O)(=O)NC(c2ccc(F)cc2)c2nccn2C)c1. The van der Waals surface area contributed by atoms with E-state index in [1.165, 1.54) is 70.0 Å². The van der Waals surface area contributed by atoms with Gasteiger partial charge in [0.1, 0.15) is 22.6 Å². The van der Waals surface area contributed by atoms with Crippen molar-refractivity contribution in [1.82, 2.24) is 14.3 Å². The molecule has 0 saturated carbocycles. The molecule has 2 aromatic carbocycles. The fraction of sp³-hybridized carbons (Fsp3) is 0.217. The van der Waals surface area contributed by atoms with E-state index in [2.05, 4.69) is 14.4 Å². The van der Waals surface area contributed by atoms with Gasteiger partial charge in [-0.05, 0) is 41.5 Å². The highest BCUT2D eigenvalue weighted by Crippen LogP contribution is 2.37. The first-order chi connectivity index (χ1) is 16.2. The third kappa shape index (κ3) is 5.43. The van der Waals surface area contributed by atoms with Crippen molar-refractivity contribution in [3.8, 4) is 11.5 Å². The minimum absolute atomic E-state index is 0.0251. The van der Waals surface area contributed by atoms with Crippen molar-refractivity contribution in [2.45, 2.75) is 10.9 Å². The molecule has 1 aromatic heterocycles. The summed E-state index contributed by atoms with van der Waals surface area (Å²) in [5, 5.41) is 0. The number of carbonyl (C=O) groups is 1. The fourth-order valence-corrected chi connectivity index (χ4v) is 4.67. The Kier molecular flexibility index (Phi) is 7.69. The summed E-state index contributed by atoms with van der Waals surface area (Å²) in [5.41, 5.74) is 0.839. The van der Waals surface area contributed by atoms with Crippen molar-refractivity contribution < 1.29 is 31.8 Å². The van der Waals surface area contributed by atoms with E-state index in [9.17, 15) is 17.6 Å². The van der Waals surface area contributed by atoms with Crippen LogP contribution in [0.15, 0.2) is 59.8 Å². The molecule has 0 radical (unpaired) electrons. The van der Waals surface area contributed by atoms with Gasteiger partial charge in [-0.25, -0.2) is 22.6 Å². The lowest BCUT2D eigenvalue weighted by atomic mass is 10.1. The molecule has 3 rings (SSSR count).